The van der Waals surface area contributed by atoms with Crippen molar-refractivity contribution in [2.24, 2.45) is 0 Å². The van der Waals surface area contributed by atoms with Gasteiger partial charge in [0.2, 0.25) is 0 Å². The highest BCUT2D eigenvalue weighted by molar-refractivity contribution is 7.86. The van der Waals surface area contributed by atoms with Crippen LogP contribution in [0.3, 0.4) is 0 Å². The van der Waals surface area contributed by atoms with E-state index < -0.39 is 10.1 Å². The molecular weight excluding hydrogens is 376 g/mol. The van der Waals surface area contributed by atoms with E-state index in [0.717, 1.165) is 35.1 Å². The lowest BCUT2D eigenvalue weighted by molar-refractivity contribution is 0.187. The number of carbonyl (C=O) groups excluding carboxylic acids is 1. The average molecular weight is 405 g/mol. The molecule has 152 valence electrons. The van der Waals surface area contributed by atoms with Crippen molar-refractivity contribution >= 4 is 21.8 Å². The highest BCUT2D eigenvalue weighted by Crippen LogP contribution is 2.21. The molecule has 6 nitrogen and oxygen atoms in total. The van der Waals surface area contributed by atoms with Crippen LogP contribution in [-0.4, -0.2) is 31.6 Å². The predicted octanol–water partition coefficient (Wildman–Crippen LogP) is 4.47. The van der Waals surface area contributed by atoms with Crippen molar-refractivity contribution in [1.82, 2.24) is 4.90 Å². The third-order valence-corrected chi connectivity index (χ3v) is 5.25. The van der Waals surface area contributed by atoms with E-state index in [0.29, 0.717) is 6.54 Å². The Bertz CT molecular complexity index is 924. The summed E-state index contributed by atoms with van der Waals surface area (Å²) >= 11 is 0. The van der Waals surface area contributed by atoms with Crippen LogP contribution in [0.4, 0.5) is 10.5 Å². The fourth-order valence-corrected chi connectivity index (χ4v) is 3.20. The molecular formula is C21H28N2O4S. The number of nitrogens with zero attached hydrogens (tertiary/aromatic N) is 1. The van der Waals surface area contributed by atoms with Gasteiger partial charge in [0.25, 0.3) is 0 Å². The molecule has 1 atom stereocenters. The van der Waals surface area contributed by atoms with E-state index in [1.165, 1.54) is 0 Å². The molecule has 28 heavy (non-hydrogen) atoms. The lowest BCUT2D eigenvalue weighted by atomic mass is 10.1. The van der Waals surface area contributed by atoms with Gasteiger partial charge in [-0.1, -0.05) is 31.2 Å². The Morgan fingerprint density at radius 2 is 1.79 bits per heavy atom. The molecule has 0 spiro atoms. The van der Waals surface area contributed by atoms with Gasteiger partial charge in [0, 0.05) is 18.3 Å². The summed E-state index contributed by atoms with van der Waals surface area (Å²) in [6.45, 7) is 8.44. The second-order valence-electron chi connectivity index (χ2n) is 6.99. The van der Waals surface area contributed by atoms with Crippen LogP contribution in [0.5, 0.6) is 5.75 Å². The minimum absolute atomic E-state index is 0.0389. The Hall–Kier alpha value is -2.54. The number of hydrogen-bond acceptors (Lipinski definition) is 4. The van der Waals surface area contributed by atoms with Crippen molar-refractivity contribution in [2.45, 2.75) is 46.7 Å². The van der Waals surface area contributed by atoms with E-state index in [2.05, 4.69) is 5.32 Å². The van der Waals surface area contributed by atoms with E-state index in [1.54, 1.807) is 29.2 Å². The number of aryl methyl sites for hydroxylation is 1. The maximum absolute atomic E-state index is 12.9. The highest BCUT2D eigenvalue weighted by atomic mass is 32.2. The second kappa shape index (κ2) is 9.10. The molecule has 2 amide bonds. The van der Waals surface area contributed by atoms with Crippen molar-refractivity contribution < 1.29 is 17.4 Å². The monoisotopic (exact) mass is 404 g/mol. The number of anilines is 1. The van der Waals surface area contributed by atoms with Crippen LogP contribution in [0.15, 0.2) is 42.5 Å². The summed E-state index contributed by atoms with van der Waals surface area (Å²) < 4.78 is 27.3. The minimum Gasteiger partial charge on any atom is -0.383 e. The van der Waals surface area contributed by atoms with E-state index in [1.807, 2.05) is 45.9 Å². The van der Waals surface area contributed by atoms with E-state index in [-0.39, 0.29) is 17.8 Å². The molecule has 7 heteroatoms. The van der Waals surface area contributed by atoms with Crippen molar-refractivity contribution in [3.8, 4) is 5.75 Å². The van der Waals surface area contributed by atoms with Crippen LogP contribution in [-0.2, 0) is 16.7 Å². The first-order chi connectivity index (χ1) is 13.1. The molecule has 0 bridgehead atoms. The first-order valence-corrected chi connectivity index (χ1v) is 11.0. The molecule has 0 saturated heterocycles. The lowest BCUT2D eigenvalue weighted by Crippen LogP contribution is -2.40. The SMILES string of the molecule is CC[C@H](C)N(Cc1ccc(OS(C)(=O)=O)cc1)C(=O)Nc1cccc(C)c1C. The molecule has 1 N–H and O–H groups in total. The van der Waals surface area contributed by atoms with Crippen LogP contribution in [0.1, 0.15) is 37.0 Å². The quantitative estimate of drug-likeness (QED) is 0.691. The number of rotatable bonds is 7. The van der Waals surface area contributed by atoms with Crippen LogP contribution in [0, 0.1) is 13.8 Å². The molecule has 2 rings (SSSR count). The molecule has 0 heterocycles. The predicted molar refractivity (Wildman–Crippen MR) is 112 cm³/mol. The Morgan fingerprint density at radius 3 is 2.36 bits per heavy atom. The normalized spacial score (nSPS) is 12.3. The van der Waals surface area contributed by atoms with Crippen LogP contribution < -0.4 is 9.50 Å². The Morgan fingerprint density at radius 1 is 1.14 bits per heavy atom. The Kier molecular flexibility index (Phi) is 7.07. The Balaban J connectivity index is 2.17. The van der Waals surface area contributed by atoms with Crippen molar-refractivity contribution in [3.63, 3.8) is 0 Å². The fourth-order valence-electron chi connectivity index (χ4n) is 2.74. The van der Waals surface area contributed by atoms with E-state index >= 15 is 0 Å². The third kappa shape index (κ3) is 5.99. The van der Waals surface area contributed by atoms with Crippen molar-refractivity contribution in [3.05, 3.63) is 59.2 Å². The summed E-state index contributed by atoms with van der Waals surface area (Å²) in [4.78, 5) is 14.7. The van der Waals surface area contributed by atoms with Gasteiger partial charge in [-0.25, -0.2) is 4.79 Å². The summed E-state index contributed by atoms with van der Waals surface area (Å²) in [5, 5.41) is 3.01. The number of amides is 2. The number of benzene rings is 2. The number of urea groups is 1. The van der Waals surface area contributed by atoms with Gasteiger partial charge in [0.15, 0.2) is 0 Å². The van der Waals surface area contributed by atoms with Crippen molar-refractivity contribution in [1.29, 1.82) is 0 Å². The van der Waals surface area contributed by atoms with Gasteiger partial charge in [0.05, 0.1) is 6.26 Å². The molecule has 0 aliphatic rings. The zero-order valence-electron chi connectivity index (χ0n) is 17.0. The van der Waals surface area contributed by atoms with E-state index in [4.69, 9.17) is 4.18 Å². The first-order valence-electron chi connectivity index (χ1n) is 9.23. The maximum atomic E-state index is 12.9. The molecule has 0 saturated carbocycles. The number of carbonyl (C=O) groups is 1. The molecule has 0 aliphatic carbocycles. The van der Waals surface area contributed by atoms with E-state index in [9.17, 15) is 13.2 Å². The van der Waals surface area contributed by atoms with Gasteiger partial charge in [-0.3, -0.25) is 0 Å². The Labute approximate surface area is 167 Å². The zero-order valence-corrected chi connectivity index (χ0v) is 17.8. The molecule has 0 aromatic heterocycles. The summed E-state index contributed by atoms with van der Waals surface area (Å²) in [5.41, 5.74) is 3.85. The summed E-state index contributed by atoms with van der Waals surface area (Å²) in [6, 6.07) is 12.4. The zero-order chi connectivity index (χ0) is 20.9. The topological polar surface area (TPSA) is 75.7 Å². The van der Waals surface area contributed by atoms with Crippen LogP contribution in [0.25, 0.3) is 0 Å². The van der Waals surface area contributed by atoms with Crippen molar-refractivity contribution in [2.75, 3.05) is 11.6 Å². The van der Waals surface area contributed by atoms with Gasteiger partial charge >= 0.3 is 16.1 Å². The fraction of sp³-hybridized carbons (Fsp3) is 0.381. The van der Waals surface area contributed by atoms with Gasteiger partial charge < -0.3 is 14.4 Å². The van der Waals surface area contributed by atoms with Gasteiger partial charge in [-0.15, -0.1) is 0 Å². The smallest absolute Gasteiger partial charge is 0.322 e. The summed E-state index contributed by atoms with van der Waals surface area (Å²) in [7, 11) is -3.56. The van der Waals surface area contributed by atoms with Gasteiger partial charge in [-0.2, -0.15) is 8.42 Å². The molecule has 2 aromatic carbocycles. The van der Waals surface area contributed by atoms with Crippen LogP contribution in [0.2, 0.25) is 0 Å². The van der Waals surface area contributed by atoms with Crippen LogP contribution >= 0.6 is 0 Å². The maximum Gasteiger partial charge on any atom is 0.322 e. The molecule has 0 radical (unpaired) electrons. The number of hydrogen-bond donors (Lipinski definition) is 1. The highest BCUT2D eigenvalue weighted by Gasteiger charge is 2.20. The lowest BCUT2D eigenvalue weighted by Gasteiger charge is -2.29. The summed E-state index contributed by atoms with van der Waals surface area (Å²) in [6.07, 6.45) is 1.82. The standard InChI is InChI=1S/C21H28N2O4S/c1-6-16(3)23(21(24)22-20-9-7-8-15(2)17(20)4)14-18-10-12-19(13-11-18)27-28(5,25)26/h7-13,16H,6,14H2,1-5H3,(H,22,24)/t16-/m0/s1. The summed E-state index contributed by atoms with van der Waals surface area (Å²) in [5.74, 6) is 0.251. The second-order valence-corrected chi connectivity index (χ2v) is 8.57. The number of nitrogens with one attached hydrogen (secondary N) is 1. The average Bonchev–Trinajstić information content (AvgIpc) is 2.63. The minimum atomic E-state index is -3.56. The van der Waals surface area contributed by atoms with Gasteiger partial charge in [0.1, 0.15) is 5.75 Å². The molecule has 0 aliphatic heterocycles. The van der Waals surface area contributed by atoms with Gasteiger partial charge in [-0.05, 0) is 62.1 Å². The first kappa shape index (κ1) is 21.8. The molecule has 0 fully saturated rings. The third-order valence-electron chi connectivity index (χ3n) is 4.75. The molecule has 0 unspecified atom stereocenters. The molecule has 2 aromatic rings. The largest absolute Gasteiger partial charge is 0.383 e.